The molecular formula is C21H25N5O3. The monoisotopic (exact) mass is 395 g/mol. The molecule has 0 fully saturated rings. The molecule has 0 aliphatic rings. The molecule has 8 heteroatoms. The van der Waals surface area contributed by atoms with Crippen LogP contribution < -0.4 is 15.4 Å². The van der Waals surface area contributed by atoms with Crippen molar-refractivity contribution < 1.29 is 14.3 Å². The maximum atomic E-state index is 12.8. The van der Waals surface area contributed by atoms with Crippen LogP contribution in [0.5, 0.6) is 5.75 Å². The minimum Gasteiger partial charge on any atom is -0.496 e. The lowest BCUT2D eigenvalue weighted by Crippen LogP contribution is -2.33. The summed E-state index contributed by atoms with van der Waals surface area (Å²) in [5.41, 5.74) is 1.03. The number of fused-ring (bicyclic) bond motifs is 1. The van der Waals surface area contributed by atoms with Gasteiger partial charge in [-0.25, -0.2) is 0 Å². The molecule has 0 aliphatic carbocycles. The Labute approximate surface area is 169 Å². The molecule has 0 saturated carbocycles. The molecular weight excluding hydrogens is 370 g/mol. The summed E-state index contributed by atoms with van der Waals surface area (Å²) in [6.07, 6.45) is 3.15. The number of hydrogen-bond acceptors (Lipinski definition) is 5. The van der Waals surface area contributed by atoms with Gasteiger partial charge in [0, 0.05) is 24.7 Å². The van der Waals surface area contributed by atoms with Crippen LogP contribution in [0.3, 0.4) is 0 Å². The standard InChI is InChI=1S/C21H25N5O3/c1-25(2)11-10-22-19(27)14-26-13-16(12-23-26)24-21(28)17-8-4-6-15-7-5-9-18(29-3)20(15)17/h4-9,12-13H,10-11,14H2,1-3H3,(H,22,27)(H,24,28). The summed E-state index contributed by atoms with van der Waals surface area (Å²) in [5, 5.41) is 11.5. The molecule has 1 aromatic heterocycles. The highest BCUT2D eigenvalue weighted by molar-refractivity contribution is 6.14. The molecule has 2 aromatic carbocycles. The Kier molecular flexibility index (Phi) is 6.46. The van der Waals surface area contributed by atoms with Gasteiger partial charge in [0.25, 0.3) is 5.91 Å². The minimum atomic E-state index is -0.268. The van der Waals surface area contributed by atoms with E-state index in [0.717, 1.165) is 17.3 Å². The lowest BCUT2D eigenvalue weighted by atomic mass is 10.0. The number of rotatable bonds is 8. The maximum absolute atomic E-state index is 12.8. The minimum absolute atomic E-state index is 0.0887. The van der Waals surface area contributed by atoms with E-state index in [9.17, 15) is 9.59 Å². The van der Waals surface area contributed by atoms with Crippen LogP contribution in [0.15, 0.2) is 48.8 Å². The largest absolute Gasteiger partial charge is 0.496 e. The van der Waals surface area contributed by atoms with Crippen LogP contribution in [0.1, 0.15) is 10.4 Å². The molecule has 0 atom stereocenters. The number of hydrogen-bond donors (Lipinski definition) is 2. The van der Waals surface area contributed by atoms with Crippen LogP contribution in [0.25, 0.3) is 10.8 Å². The van der Waals surface area contributed by atoms with Crippen LogP contribution in [0.2, 0.25) is 0 Å². The van der Waals surface area contributed by atoms with Gasteiger partial charge in [-0.15, -0.1) is 0 Å². The van der Waals surface area contributed by atoms with Gasteiger partial charge in [0.2, 0.25) is 5.91 Å². The molecule has 0 bridgehead atoms. The van der Waals surface area contributed by atoms with Gasteiger partial charge in [-0.3, -0.25) is 14.3 Å². The number of methoxy groups -OCH3 is 1. The topological polar surface area (TPSA) is 88.5 Å². The molecule has 2 N–H and O–H groups in total. The highest BCUT2D eigenvalue weighted by Gasteiger charge is 2.15. The SMILES string of the molecule is COc1cccc2cccc(C(=O)Nc3cnn(CC(=O)NCCN(C)C)c3)c12. The highest BCUT2D eigenvalue weighted by atomic mass is 16.5. The summed E-state index contributed by atoms with van der Waals surface area (Å²) in [5.74, 6) is 0.236. The number of amides is 2. The maximum Gasteiger partial charge on any atom is 0.256 e. The fraction of sp³-hybridized carbons (Fsp3) is 0.286. The zero-order valence-electron chi connectivity index (χ0n) is 16.8. The van der Waals surface area contributed by atoms with Crippen LogP contribution in [-0.2, 0) is 11.3 Å². The molecule has 8 nitrogen and oxygen atoms in total. The fourth-order valence-corrected chi connectivity index (χ4v) is 3.00. The molecule has 29 heavy (non-hydrogen) atoms. The Balaban J connectivity index is 1.68. The van der Waals surface area contributed by atoms with Crippen molar-refractivity contribution in [3.8, 4) is 5.75 Å². The third-order valence-electron chi connectivity index (χ3n) is 4.41. The first kappa shape index (κ1) is 20.3. The van der Waals surface area contributed by atoms with Gasteiger partial charge in [-0.2, -0.15) is 5.10 Å². The smallest absolute Gasteiger partial charge is 0.256 e. The number of carbonyl (C=O) groups is 2. The van der Waals surface area contributed by atoms with E-state index in [1.54, 1.807) is 19.4 Å². The molecule has 2 amide bonds. The number of anilines is 1. The molecule has 1 heterocycles. The van der Waals surface area contributed by atoms with E-state index in [1.807, 2.05) is 49.3 Å². The molecule has 0 unspecified atom stereocenters. The zero-order valence-corrected chi connectivity index (χ0v) is 16.8. The van der Waals surface area contributed by atoms with Gasteiger partial charge in [-0.05, 0) is 31.6 Å². The lowest BCUT2D eigenvalue weighted by Gasteiger charge is -2.10. The van der Waals surface area contributed by atoms with Crippen molar-refractivity contribution >= 4 is 28.3 Å². The molecule has 0 radical (unpaired) electrons. The molecule has 3 rings (SSSR count). The Bertz CT molecular complexity index is 1010. The van der Waals surface area contributed by atoms with E-state index >= 15 is 0 Å². The highest BCUT2D eigenvalue weighted by Crippen LogP contribution is 2.29. The number of aromatic nitrogens is 2. The van der Waals surface area contributed by atoms with Crippen LogP contribution in [0.4, 0.5) is 5.69 Å². The van der Waals surface area contributed by atoms with Gasteiger partial charge in [0.05, 0.1) is 24.6 Å². The van der Waals surface area contributed by atoms with Gasteiger partial charge in [0.1, 0.15) is 12.3 Å². The van der Waals surface area contributed by atoms with E-state index in [2.05, 4.69) is 15.7 Å². The Hall–Kier alpha value is -3.39. The number of ether oxygens (including phenoxy) is 1. The first-order valence-corrected chi connectivity index (χ1v) is 9.29. The number of nitrogens with one attached hydrogen (secondary N) is 2. The van der Waals surface area contributed by atoms with E-state index in [1.165, 1.54) is 10.9 Å². The Morgan fingerprint density at radius 1 is 1.17 bits per heavy atom. The third-order valence-corrected chi connectivity index (χ3v) is 4.41. The van der Waals surface area contributed by atoms with Crippen molar-refractivity contribution in [3.63, 3.8) is 0 Å². The molecule has 0 spiro atoms. The van der Waals surface area contributed by atoms with Gasteiger partial charge in [-0.1, -0.05) is 24.3 Å². The second-order valence-electron chi connectivity index (χ2n) is 6.90. The zero-order chi connectivity index (χ0) is 20.8. The second kappa shape index (κ2) is 9.20. The van der Waals surface area contributed by atoms with Crippen molar-refractivity contribution in [2.75, 3.05) is 39.6 Å². The van der Waals surface area contributed by atoms with E-state index in [-0.39, 0.29) is 18.4 Å². The number of carbonyl (C=O) groups excluding carboxylic acids is 2. The van der Waals surface area contributed by atoms with Crippen molar-refractivity contribution in [1.82, 2.24) is 20.0 Å². The van der Waals surface area contributed by atoms with E-state index < -0.39 is 0 Å². The summed E-state index contributed by atoms with van der Waals surface area (Å²) >= 11 is 0. The van der Waals surface area contributed by atoms with E-state index in [4.69, 9.17) is 4.74 Å². The summed E-state index contributed by atoms with van der Waals surface area (Å²) < 4.78 is 6.91. The van der Waals surface area contributed by atoms with Crippen LogP contribution >= 0.6 is 0 Å². The number of likely N-dealkylation sites (N-methyl/N-ethyl adjacent to an activating group) is 1. The Morgan fingerprint density at radius 2 is 1.93 bits per heavy atom. The molecule has 3 aromatic rings. The van der Waals surface area contributed by atoms with Crippen molar-refractivity contribution in [3.05, 3.63) is 54.4 Å². The molecule has 152 valence electrons. The molecule has 0 saturated heterocycles. The first-order chi connectivity index (χ1) is 14.0. The normalized spacial score (nSPS) is 10.9. The summed E-state index contributed by atoms with van der Waals surface area (Å²) in [6, 6.07) is 11.2. The van der Waals surface area contributed by atoms with Gasteiger partial charge >= 0.3 is 0 Å². The Morgan fingerprint density at radius 3 is 2.66 bits per heavy atom. The lowest BCUT2D eigenvalue weighted by molar-refractivity contribution is -0.121. The van der Waals surface area contributed by atoms with Crippen LogP contribution in [-0.4, -0.2) is 60.8 Å². The van der Waals surface area contributed by atoms with Crippen LogP contribution in [0, 0.1) is 0 Å². The average Bonchev–Trinajstić information content (AvgIpc) is 3.13. The summed E-state index contributed by atoms with van der Waals surface area (Å²) in [4.78, 5) is 26.8. The number of benzene rings is 2. The van der Waals surface area contributed by atoms with Gasteiger partial charge in [0.15, 0.2) is 0 Å². The van der Waals surface area contributed by atoms with Crippen molar-refractivity contribution in [1.29, 1.82) is 0 Å². The second-order valence-corrected chi connectivity index (χ2v) is 6.90. The predicted molar refractivity (Wildman–Crippen MR) is 112 cm³/mol. The van der Waals surface area contributed by atoms with Gasteiger partial charge < -0.3 is 20.3 Å². The fourth-order valence-electron chi connectivity index (χ4n) is 3.00. The number of nitrogens with zero attached hydrogens (tertiary/aromatic N) is 3. The van der Waals surface area contributed by atoms with Crippen molar-refractivity contribution in [2.24, 2.45) is 0 Å². The molecule has 0 aliphatic heterocycles. The van der Waals surface area contributed by atoms with E-state index in [0.29, 0.717) is 23.5 Å². The quantitative estimate of drug-likeness (QED) is 0.609. The summed E-state index contributed by atoms with van der Waals surface area (Å²) in [6.45, 7) is 1.42. The first-order valence-electron chi connectivity index (χ1n) is 9.29. The third kappa shape index (κ3) is 5.11. The predicted octanol–water partition coefficient (Wildman–Crippen LogP) is 1.97. The van der Waals surface area contributed by atoms with Crippen molar-refractivity contribution in [2.45, 2.75) is 6.54 Å². The summed E-state index contributed by atoms with van der Waals surface area (Å²) in [7, 11) is 5.47. The average molecular weight is 395 g/mol.